The molecule has 2 fully saturated rings. The molecule has 0 radical (unpaired) electrons. The van der Waals surface area contributed by atoms with Gasteiger partial charge in [-0.1, -0.05) is 18.2 Å². The zero-order valence-corrected chi connectivity index (χ0v) is 15.2. The molecule has 3 rings (SSSR count). The van der Waals surface area contributed by atoms with Crippen LogP contribution in [-0.2, 0) is 16.7 Å². The van der Waals surface area contributed by atoms with E-state index in [4.69, 9.17) is 0 Å². The van der Waals surface area contributed by atoms with Crippen molar-refractivity contribution < 1.29 is 22.8 Å². The number of amides is 3. The van der Waals surface area contributed by atoms with E-state index in [0.29, 0.717) is 24.3 Å². The minimum atomic E-state index is -4.37. The predicted molar refractivity (Wildman–Crippen MR) is 92.4 cm³/mol. The summed E-state index contributed by atoms with van der Waals surface area (Å²) < 4.78 is 38.6. The van der Waals surface area contributed by atoms with Crippen LogP contribution in [0.4, 0.5) is 18.0 Å². The molecule has 142 valence electrons. The van der Waals surface area contributed by atoms with Crippen molar-refractivity contribution in [1.29, 1.82) is 0 Å². The number of hydrogen-bond acceptors (Lipinski definition) is 4. The second kappa shape index (κ2) is 7.11. The lowest BCUT2D eigenvalue weighted by molar-refractivity contribution is -0.139. The van der Waals surface area contributed by atoms with Crippen molar-refractivity contribution in [2.75, 3.05) is 20.6 Å². The molecule has 3 atom stereocenters. The van der Waals surface area contributed by atoms with E-state index in [-0.39, 0.29) is 23.4 Å². The third kappa shape index (κ3) is 3.55. The Hall–Kier alpha value is -1.74. The van der Waals surface area contributed by atoms with Crippen LogP contribution in [0.15, 0.2) is 24.3 Å². The van der Waals surface area contributed by atoms with E-state index < -0.39 is 17.7 Å². The zero-order chi connectivity index (χ0) is 19.1. The topological polar surface area (TPSA) is 52.7 Å². The summed E-state index contributed by atoms with van der Waals surface area (Å²) in [6.07, 6.45) is -4.03. The molecule has 0 bridgehead atoms. The quantitative estimate of drug-likeness (QED) is 0.867. The predicted octanol–water partition coefficient (Wildman–Crippen LogP) is 2.77. The summed E-state index contributed by atoms with van der Waals surface area (Å²) in [5.74, 6) is -0.272. The Morgan fingerprint density at radius 2 is 2.00 bits per heavy atom. The number of fused-ring (bicyclic) bond motifs is 1. The van der Waals surface area contributed by atoms with Crippen molar-refractivity contribution in [3.05, 3.63) is 35.4 Å². The second-order valence-electron chi connectivity index (χ2n) is 6.55. The van der Waals surface area contributed by atoms with Crippen molar-refractivity contribution in [2.24, 2.45) is 5.92 Å². The van der Waals surface area contributed by atoms with Gasteiger partial charge in [0.2, 0.25) is 5.91 Å². The van der Waals surface area contributed by atoms with E-state index in [1.807, 2.05) is 0 Å². The highest BCUT2D eigenvalue weighted by atomic mass is 32.2. The molecule has 1 aromatic carbocycles. The Bertz CT molecular complexity index is 713. The van der Waals surface area contributed by atoms with Crippen LogP contribution in [0.1, 0.15) is 17.5 Å². The van der Waals surface area contributed by atoms with Gasteiger partial charge in [0, 0.05) is 25.1 Å². The van der Waals surface area contributed by atoms with Gasteiger partial charge in [-0.3, -0.25) is 15.0 Å². The molecule has 3 amide bonds. The number of halogens is 3. The monoisotopic (exact) mass is 387 g/mol. The van der Waals surface area contributed by atoms with Crippen LogP contribution in [-0.4, -0.2) is 53.8 Å². The van der Waals surface area contributed by atoms with E-state index in [1.54, 1.807) is 13.1 Å². The summed E-state index contributed by atoms with van der Waals surface area (Å²) in [5.41, 5.74) is -0.0986. The maximum Gasteiger partial charge on any atom is 0.416 e. The number of nitrogens with zero attached hydrogens (tertiary/aromatic N) is 2. The van der Waals surface area contributed by atoms with Gasteiger partial charge in [-0.15, -0.1) is 0 Å². The molecule has 0 spiro atoms. The number of carbonyl (C=O) groups is 2. The highest BCUT2D eigenvalue weighted by molar-refractivity contribution is 7.99. The molecule has 2 aliphatic rings. The number of imide groups is 1. The Balaban J connectivity index is 1.74. The molecular formula is C17H20F3N3O2S. The standard InChI is InChI=1S/C17H20F3N3O2S/c1-22-14-13(15(24)23(2)16(22)25)12(6-7-21-14)26-9-10-4-3-5-11(8-10)17(18,19)20/h3-5,8,12-14,21H,6-7,9H2,1-2H3. The first kappa shape index (κ1) is 19.0. The van der Waals surface area contributed by atoms with Crippen molar-refractivity contribution in [3.63, 3.8) is 0 Å². The van der Waals surface area contributed by atoms with Gasteiger partial charge in [0.1, 0.15) is 0 Å². The Labute approximate surface area is 153 Å². The molecule has 2 heterocycles. The number of nitrogens with one attached hydrogen (secondary N) is 1. The number of benzene rings is 1. The van der Waals surface area contributed by atoms with Gasteiger partial charge >= 0.3 is 12.2 Å². The molecule has 2 aliphatic heterocycles. The van der Waals surface area contributed by atoms with Crippen LogP contribution < -0.4 is 5.32 Å². The third-order valence-electron chi connectivity index (χ3n) is 4.86. The molecule has 1 N–H and O–H groups in total. The molecule has 1 aromatic rings. The van der Waals surface area contributed by atoms with E-state index in [2.05, 4.69) is 5.32 Å². The second-order valence-corrected chi connectivity index (χ2v) is 7.78. The molecule has 26 heavy (non-hydrogen) atoms. The zero-order valence-electron chi connectivity index (χ0n) is 14.4. The van der Waals surface area contributed by atoms with Crippen LogP contribution in [0.5, 0.6) is 0 Å². The Morgan fingerprint density at radius 1 is 1.27 bits per heavy atom. The average Bonchev–Trinajstić information content (AvgIpc) is 2.62. The number of alkyl halides is 3. The molecule has 5 nitrogen and oxygen atoms in total. The SMILES string of the molecule is CN1C(=O)C2C(SCc3cccc(C(F)(F)F)c3)CCNC2N(C)C1=O. The molecule has 2 saturated heterocycles. The van der Waals surface area contributed by atoms with Crippen LogP contribution >= 0.6 is 11.8 Å². The van der Waals surface area contributed by atoms with Gasteiger partial charge in [-0.2, -0.15) is 24.9 Å². The number of urea groups is 1. The highest BCUT2D eigenvalue weighted by Crippen LogP contribution is 2.36. The number of carbonyl (C=O) groups excluding carboxylic acids is 2. The lowest BCUT2D eigenvalue weighted by Gasteiger charge is -2.47. The summed E-state index contributed by atoms with van der Waals surface area (Å²) in [6.45, 7) is 0.649. The molecule has 0 saturated carbocycles. The first-order valence-electron chi connectivity index (χ1n) is 8.25. The van der Waals surface area contributed by atoms with Crippen molar-refractivity contribution in [2.45, 2.75) is 29.8 Å². The first-order chi connectivity index (χ1) is 12.2. The van der Waals surface area contributed by atoms with Crippen LogP contribution in [0.3, 0.4) is 0 Å². The minimum Gasteiger partial charge on any atom is -0.311 e. The lowest BCUT2D eigenvalue weighted by Crippen LogP contribution is -2.68. The summed E-state index contributed by atoms with van der Waals surface area (Å²) in [5, 5.41) is 3.14. The van der Waals surface area contributed by atoms with E-state index in [9.17, 15) is 22.8 Å². The molecule has 0 aromatic heterocycles. The van der Waals surface area contributed by atoms with Gasteiger partial charge in [-0.05, 0) is 24.6 Å². The first-order valence-corrected chi connectivity index (χ1v) is 9.30. The lowest BCUT2D eigenvalue weighted by atomic mass is 9.91. The number of hydrogen-bond donors (Lipinski definition) is 1. The third-order valence-corrected chi connectivity index (χ3v) is 6.32. The van der Waals surface area contributed by atoms with E-state index in [0.717, 1.165) is 17.0 Å². The maximum atomic E-state index is 12.9. The van der Waals surface area contributed by atoms with Gasteiger partial charge < -0.3 is 4.90 Å². The van der Waals surface area contributed by atoms with Gasteiger partial charge in [-0.25, -0.2) is 4.79 Å². The number of piperidine rings is 1. The summed E-state index contributed by atoms with van der Waals surface area (Å²) in [6, 6.07) is 4.90. The molecule has 9 heteroatoms. The Kier molecular flexibility index (Phi) is 5.21. The molecular weight excluding hydrogens is 367 g/mol. The summed E-state index contributed by atoms with van der Waals surface area (Å²) in [4.78, 5) is 27.3. The normalized spacial score (nSPS) is 26.9. The molecule has 3 unspecified atom stereocenters. The van der Waals surface area contributed by atoms with Crippen molar-refractivity contribution in [1.82, 2.24) is 15.1 Å². The number of thioether (sulfide) groups is 1. The highest BCUT2D eigenvalue weighted by Gasteiger charge is 2.48. The van der Waals surface area contributed by atoms with Crippen LogP contribution in [0.2, 0.25) is 0 Å². The van der Waals surface area contributed by atoms with Crippen LogP contribution in [0, 0.1) is 5.92 Å². The smallest absolute Gasteiger partial charge is 0.311 e. The fraction of sp³-hybridized carbons (Fsp3) is 0.529. The van der Waals surface area contributed by atoms with E-state index >= 15 is 0 Å². The maximum absolute atomic E-state index is 12.9. The van der Waals surface area contributed by atoms with Crippen molar-refractivity contribution in [3.8, 4) is 0 Å². The fourth-order valence-electron chi connectivity index (χ4n) is 3.46. The van der Waals surface area contributed by atoms with Crippen molar-refractivity contribution >= 4 is 23.7 Å². The minimum absolute atomic E-state index is 0.0682. The van der Waals surface area contributed by atoms with Gasteiger partial charge in [0.25, 0.3) is 0 Å². The van der Waals surface area contributed by atoms with Crippen LogP contribution in [0.25, 0.3) is 0 Å². The summed E-state index contributed by atoms with van der Waals surface area (Å²) in [7, 11) is 3.11. The van der Waals surface area contributed by atoms with E-state index in [1.165, 1.54) is 29.8 Å². The number of rotatable bonds is 3. The van der Waals surface area contributed by atoms with Gasteiger partial charge in [0.15, 0.2) is 0 Å². The van der Waals surface area contributed by atoms with Gasteiger partial charge in [0.05, 0.1) is 17.6 Å². The molecule has 0 aliphatic carbocycles. The largest absolute Gasteiger partial charge is 0.416 e. The average molecular weight is 387 g/mol. The summed E-state index contributed by atoms with van der Waals surface area (Å²) >= 11 is 1.47. The fourth-order valence-corrected chi connectivity index (χ4v) is 4.80. The Morgan fingerprint density at radius 3 is 2.69 bits per heavy atom.